The van der Waals surface area contributed by atoms with Gasteiger partial charge in [-0.25, -0.2) is 9.79 Å². The molecule has 0 aliphatic carbocycles. The molecule has 0 atom stereocenters. The van der Waals surface area contributed by atoms with E-state index in [-0.39, 0.29) is 5.91 Å². The molecule has 31 heavy (non-hydrogen) atoms. The van der Waals surface area contributed by atoms with E-state index in [9.17, 15) is 9.59 Å². The number of amidine groups is 1. The summed E-state index contributed by atoms with van der Waals surface area (Å²) in [5.41, 5.74) is 3.31. The molecule has 0 spiro atoms. The van der Waals surface area contributed by atoms with Gasteiger partial charge in [-0.1, -0.05) is 23.8 Å². The Hall–Kier alpha value is -3.52. The predicted molar refractivity (Wildman–Crippen MR) is 122 cm³/mol. The standard InChI is InChI=1S/C23H22N2O5S/c1-4-5-16-10-15(11-18(29-3)21(16)30-13-20(26)27)12-19-22(28)25-23(31-19)24-17-8-6-14(2)7-9-17/h4,6-12H,1,5,13H2,2-3H3,(H,26,27)(H,24,25,28)/b19-12-. The molecule has 160 valence electrons. The number of carboxylic acids is 1. The van der Waals surface area contributed by atoms with Crippen LogP contribution < -0.4 is 14.8 Å². The van der Waals surface area contributed by atoms with Gasteiger partial charge in [0.1, 0.15) is 0 Å². The lowest BCUT2D eigenvalue weighted by Crippen LogP contribution is -2.19. The molecule has 3 rings (SSSR count). The van der Waals surface area contributed by atoms with E-state index in [0.29, 0.717) is 39.1 Å². The fourth-order valence-corrected chi connectivity index (χ4v) is 3.73. The molecule has 2 aromatic rings. The van der Waals surface area contributed by atoms with Crippen LogP contribution in [0, 0.1) is 6.92 Å². The minimum atomic E-state index is -1.09. The van der Waals surface area contributed by atoms with Crippen molar-refractivity contribution in [3.63, 3.8) is 0 Å². The van der Waals surface area contributed by atoms with E-state index >= 15 is 0 Å². The van der Waals surface area contributed by atoms with Crippen LogP contribution in [0.5, 0.6) is 11.5 Å². The van der Waals surface area contributed by atoms with Crippen LogP contribution in [0.15, 0.2) is 59.0 Å². The van der Waals surface area contributed by atoms with Gasteiger partial charge >= 0.3 is 5.97 Å². The summed E-state index contributed by atoms with van der Waals surface area (Å²) in [5, 5.41) is 12.2. The number of carbonyl (C=O) groups excluding carboxylic acids is 1. The van der Waals surface area contributed by atoms with Crippen molar-refractivity contribution in [3.8, 4) is 11.5 Å². The number of thioether (sulfide) groups is 1. The third-order valence-corrected chi connectivity index (χ3v) is 5.20. The minimum Gasteiger partial charge on any atom is -0.493 e. The second-order valence-electron chi connectivity index (χ2n) is 6.70. The molecule has 0 bridgehead atoms. The Labute approximate surface area is 184 Å². The Kier molecular flexibility index (Phi) is 7.15. The molecular weight excluding hydrogens is 416 g/mol. The van der Waals surface area contributed by atoms with Gasteiger partial charge in [0, 0.05) is 5.56 Å². The van der Waals surface area contributed by atoms with Crippen LogP contribution in [0.25, 0.3) is 6.08 Å². The van der Waals surface area contributed by atoms with Crippen LogP contribution in [-0.2, 0) is 16.0 Å². The van der Waals surface area contributed by atoms with Crippen molar-refractivity contribution in [1.29, 1.82) is 0 Å². The summed E-state index contributed by atoms with van der Waals surface area (Å²) >= 11 is 1.24. The minimum absolute atomic E-state index is 0.244. The molecule has 7 nitrogen and oxygen atoms in total. The number of nitrogens with one attached hydrogen (secondary N) is 1. The zero-order valence-electron chi connectivity index (χ0n) is 17.2. The molecule has 8 heteroatoms. The van der Waals surface area contributed by atoms with Crippen LogP contribution >= 0.6 is 11.8 Å². The molecule has 0 aromatic heterocycles. The number of carboxylic acid groups (broad SMARTS) is 1. The van der Waals surface area contributed by atoms with Crippen molar-refractivity contribution in [3.05, 3.63) is 70.6 Å². The van der Waals surface area contributed by atoms with Crippen LogP contribution in [0.3, 0.4) is 0 Å². The first-order valence-electron chi connectivity index (χ1n) is 9.42. The van der Waals surface area contributed by atoms with Crippen LogP contribution in [0.1, 0.15) is 16.7 Å². The van der Waals surface area contributed by atoms with E-state index in [1.165, 1.54) is 18.9 Å². The summed E-state index contributed by atoms with van der Waals surface area (Å²) in [6, 6.07) is 11.2. The first kappa shape index (κ1) is 22.2. The number of amides is 1. The summed E-state index contributed by atoms with van der Waals surface area (Å²) in [5.74, 6) is -0.606. The number of aliphatic carboxylic acids is 1. The highest BCUT2D eigenvalue weighted by Crippen LogP contribution is 2.36. The normalized spacial score (nSPS) is 15.7. The Morgan fingerprint density at radius 2 is 2.03 bits per heavy atom. The first-order valence-corrected chi connectivity index (χ1v) is 10.2. The van der Waals surface area contributed by atoms with Crippen molar-refractivity contribution in [2.24, 2.45) is 4.99 Å². The molecule has 0 unspecified atom stereocenters. The topological polar surface area (TPSA) is 97.2 Å². The lowest BCUT2D eigenvalue weighted by molar-refractivity contribution is -0.139. The summed E-state index contributed by atoms with van der Waals surface area (Å²) in [6.45, 7) is 5.24. The average Bonchev–Trinajstić information content (AvgIpc) is 3.07. The van der Waals surface area contributed by atoms with Gasteiger partial charge in [0.2, 0.25) is 0 Å². The zero-order valence-corrected chi connectivity index (χ0v) is 18.0. The zero-order chi connectivity index (χ0) is 22.4. The maximum absolute atomic E-state index is 12.4. The largest absolute Gasteiger partial charge is 0.493 e. The predicted octanol–water partition coefficient (Wildman–Crippen LogP) is 4.09. The van der Waals surface area contributed by atoms with Gasteiger partial charge in [0.15, 0.2) is 23.3 Å². The molecule has 1 aliphatic heterocycles. The van der Waals surface area contributed by atoms with Crippen molar-refractivity contribution in [2.75, 3.05) is 13.7 Å². The van der Waals surface area contributed by atoms with E-state index in [0.717, 1.165) is 11.3 Å². The second-order valence-corrected chi connectivity index (χ2v) is 7.73. The van der Waals surface area contributed by atoms with Gasteiger partial charge in [-0.15, -0.1) is 6.58 Å². The molecule has 2 N–H and O–H groups in total. The number of carbonyl (C=O) groups is 2. The molecule has 1 amide bonds. The number of aliphatic imine (C=N–C) groups is 1. The average molecular weight is 439 g/mol. The Morgan fingerprint density at radius 3 is 2.68 bits per heavy atom. The molecule has 0 saturated carbocycles. The van der Waals surface area contributed by atoms with Gasteiger partial charge < -0.3 is 19.9 Å². The van der Waals surface area contributed by atoms with Crippen LogP contribution in [-0.4, -0.2) is 35.9 Å². The fraction of sp³-hybridized carbons (Fsp3) is 0.174. The number of allylic oxidation sites excluding steroid dienone is 1. The number of hydrogen-bond donors (Lipinski definition) is 2. The van der Waals surface area contributed by atoms with Crippen molar-refractivity contribution >= 4 is 40.6 Å². The highest BCUT2D eigenvalue weighted by atomic mass is 32.2. The number of ether oxygens (including phenoxy) is 2. The van der Waals surface area contributed by atoms with Gasteiger partial charge in [-0.05, 0) is 61.0 Å². The van der Waals surface area contributed by atoms with Crippen LogP contribution in [0.4, 0.5) is 5.69 Å². The van der Waals surface area contributed by atoms with E-state index in [2.05, 4.69) is 16.9 Å². The number of hydrogen-bond acceptors (Lipinski definition) is 6. The third-order valence-electron chi connectivity index (χ3n) is 4.29. The van der Waals surface area contributed by atoms with Gasteiger partial charge in [0.25, 0.3) is 5.91 Å². The maximum atomic E-state index is 12.4. The number of methoxy groups -OCH3 is 1. The summed E-state index contributed by atoms with van der Waals surface area (Å²) in [6.07, 6.45) is 3.86. The van der Waals surface area contributed by atoms with Gasteiger partial charge in [-0.2, -0.15) is 0 Å². The smallest absolute Gasteiger partial charge is 0.341 e. The summed E-state index contributed by atoms with van der Waals surface area (Å²) in [4.78, 5) is 28.3. The molecule has 1 aliphatic rings. The third kappa shape index (κ3) is 5.76. The van der Waals surface area contributed by atoms with Crippen molar-refractivity contribution in [2.45, 2.75) is 13.3 Å². The van der Waals surface area contributed by atoms with E-state index in [1.54, 1.807) is 18.2 Å². The summed E-state index contributed by atoms with van der Waals surface area (Å²) in [7, 11) is 1.47. The highest BCUT2D eigenvalue weighted by molar-refractivity contribution is 8.18. The monoisotopic (exact) mass is 438 g/mol. The van der Waals surface area contributed by atoms with Crippen molar-refractivity contribution < 1.29 is 24.2 Å². The number of aryl methyl sites for hydroxylation is 1. The number of benzene rings is 2. The maximum Gasteiger partial charge on any atom is 0.341 e. The van der Waals surface area contributed by atoms with E-state index in [1.807, 2.05) is 37.3 Å². The molecule has 1 fully saturated rings. The second kappa shape index (κ2) is 9.99. The lowest BCUT2D eigenvalue weighted by Gasteiger charge is -2.14. The van der Waals surface area contributed by atoms with E-state index < -0.39 is 12.6 Å². The van der Waals surface area contributed by atoms with Crippen molar-refractivity contribution in [1.82, 2.24) is 5.32 Å². The molecular formula is C23H22N2O5S. The van der Waals surface area contributed by atoms with Gasteiger partial charge in [-0.3, -0.25) is 4.79 Å². The van der Waals surface area contributed by atoms with E-state index in [4.69, 9.17) is 14.6 Å². The molecule has 0 radical (unpaired) electrons. The fourth-order valence-electron chi connectivity index (χ4n) is 2.89. The quantitative estimate of drug-likeness (QED) is 0.476. The van der Waals surface area contributed by atoms with Crippen LogP contribution in [0.2, 0.25) is 0 Å². The molecule has 1 saturated heterocycles. The lowest BCUT2D eigenvalue weighted by atomic mass is 10.0. The highest BCUT2D eigenvalue weighted by Gasteiger charge is 2.24. The number of nitrogens with zero attached hydrogens (tertiary/aromatic N) is 1. The van der Waals surface area contributed by atoms with Gasteiger partial charge in [0.05, 0.1) is 17.7 Å². The Bertz CT molecular complexity index is 1070. The Morgan fingerprint density at radius 1 is 1.29 bits per heavy atom. The molecule has 1 heterocycles. The SMILES string of the molecule is C=CCc1cc(/C=C2\SC(=Nc3ccc(C)cc3)NC2=O)cc(OC)c1OCC(=O)O. The Balaban J connectivity index is 1.90. The number of rotatable bonds is 8. The first-order chi connectivity index (χ1) is 14.9. The summed E-state index contributed by atoms with van der Waals surface area (Å²) < 4.78 is 10.8. The molecule has 2 aromatic carbocycles.